The number of methoxy groups -OCH3 is 1. The van der Waals surface area contributed by atoms with Crippen LogP contribution in [0.3, 0.4) is 0 Å². The van der Waals surface area contributed by atoms with Crippen LogP contribution in [0.25, 0.3) is 0 Å². The Morgan fingerprint density at radius 2 is 1.95 bits per heavy atom. The van der Waals surface area contributed by atoms with Crippen molar-refractivity contribution in [1.82, 2.24) is 0 Å². The summed E-state index contributed by atoms with van der Waals surface area (Å²) in [6.07, 6.45) is 0. The summed E-state index contributed by atoms with van der Waals surface area (Å²) in [6.45, 7) is 0. The minimum atomic E-state index is -0.565. The molecule has 2 aromatic carbocycles. The quantitative estimate of drug-likeness (QED) is 0.917. The van der Waals surface area contributed by atoms with Gasteiger partial charge in [-0.25, -0.2) is 8.78 Å². The molecule has 0 aliphatic rings. The molecule has 0 spiro atoms. The van der Waals surface area contributed by atoms with Crippen LogP contribution >= 0.6 is 0 Å². The van der Waals surface area contributed by atoms with Crippen molar-refractivity contribution < 1.29 is 13.5 Å². The molecule has 0 amide bonds. The summed E-state index contributed by atoms with van der Waals surface area (Å²) in [4.78, 5) is 0. The molecule has 3 nitrogen and oxygen atoms in total. The Morgan fingerprint density at radius 1 is 1.16 bits per heavy atom. The van der Waals surface area contributed by atoms with E-state index in [0.29, 0.717) is 11.4 Å². The minimum Gasteiger partial charge on any atom is -0.497 e. The zero-order chi connectivity index (χ0) is 13.8. The number of rotatable bonds is 3. The highest BCUT2D eigenvalue weighted by Crippen LogP contribution is 2.25. The third-order valence-corrected chi connectivity index (χ3v) is 2.48. The van der Waals surface area contributed by atoms with Crippen molar-refractivity contribution in [3.8, 4) is 11.8 Å². The highest BCUT2D eigenvalue weighted by Gasteiger charge is 2.06. The van der Waals surface area contributed by atoms with Gasteiger partial charge in [0.2, 0.25) is 0 Å². The summed E-state index contributed by atoms with van der Waals surface area (Å²) >= 11 is 0. The summed E-state index contributed by atoms with van der Waals surface area (Å²) in [5, 5.41) is 11.5. The SMILES string of the molecule is COc1ccc(F)c(Nc2cc(F)cc(C#N)c2)c1. The van der Waals surface area contributed by atoms with Gasteiger partial charge >= 0.3 is 0 Å². The van der Waals surface area contributed by atoms with E-state index in [1.165, 1.54) is 37.4 Å². The maximum atomic E-state index is 13.6. The van der Waals surface area contributed by atoms with Gasteiger partial charge in [0.25, 0.3) is 0 Å². The molecule has 0 fully saturated rings. The second-order valence-corrected chi connectivity index (χ2v) is 3.81. The van der Waals surface area contributed by atoms with Gasteiger partial charge in [-0.15, -0.1) is 0 Å². The molecule has 2 rings (SSSR count). The molecule has 1 N–H and O–H groups in total. The van der Waals surface area contributed by atoms with Crippen molar-refractivity contribution in [3.63, 3.8) is 0 Å². The first-order valence-corrected chi connectivity index (χ1v) is 5.43. The van der Waals surface area contributed by atoms with E-state index in [0.717, 1.165) is 6.07 Å². The van der Waals surface area contributed by atoms with Crippen molar-refractivity contribution in [3.05, 3.63) is 53.6 Å². The van der Waals surface area contributed by atoms with E-state index >= 15 is 0 Å². The van der Waals surface area contributed by atoms with Gasteiger partial charge in [0.1, 0.15) is 17.4 Å². The van der Waals surface area contributed by atoms with Gasteiger partial charge in [0.15, 0.2) is 0 Å². The maximum Gasteiger partial charge on any atom is 0.146 e. The number of hydrogen-bond donors (Lipinski definition) is 1. The van der Waals surface area contributed by atoms with E-state index in [1.54, 1.807) is 0 Å². The third kappa shape index (κ3) is 2.99. The zero-order valence-corrected chi connectivity index (χ0v) is 10.1. The topological polar surface area (TPSA) is 45.0 Å². The molecule has 2 aromatic rings. The number of anilines is 2. The van der Waals surface area contributed by atoms with Crippen LogP contribution in [0.1, 0.15) is 5.56 Å². The molecule has 0 saturated heterocycles. The van der Waals surface area contributed by atoms with Crippen LogP contribution in [-0.2, 0) is 0 Å². The van der Waals surface area contributed by atoms with E-state index in [1.807, 2.05) is 6.07 Å². The van der Waals surface area contributed by atoms with E-state index < -0.39 is 11.6 Å². The van der Waals surface area contributed by atoms with Crippen molar-refractivity contribution in [1.29, 1.82) is 5.26 Å². The van der Waals surface area contributed by atoms with Gasteiger partial charge in [-0.3, -0.25) is 0 Å². The standard InChI is InChI=1S/C14H10F2N2O/c1-19-12-2-3-13(16)14(7-12)18-11-5-9(8-17)4-10(15)6-11/h2-7,18H,1H3. The number of nitriles is 1. The molecule has 0 aromatic heterocycles. The van der Waals surface area contributed by atoms with Gasteiger partial charge in [-0.1, -0.05) is 0 Å². The lowest BCUT2D eigenvalue weighted by Gasteiger charge is -2.09. The highest BCUT2D eigenvalue weighted by atomic mass is 19.1. The van der Waals surface area contributed by atoms with Gasteiger partial charge in [0.05, 0.1) is 24.4 Å². The Kier molecular flexibility index (Phi) is 3.62. The molecule has 0 aliphatic heterocycles. The summed E-state index contributed by atoms with van der Waals surface area (Å²) in [5.41, 5.74) is 0.600. The number of hydrogen-bond acceptors (Lipinski definition) is 3. The number of benzene rings is 2. The lowest BCUT2D eigenvalue weighted by molar-refractivity contribution is 0.414. The Hall–Kier alpha value is -2.61. The van der Waals surface area contributed by atoms with Gasteiger partial charge < -0.3 is 10.1 Å². The third-order valence-electron chi connectivity index (χ3n) is 2.48. The maximum absolute atomic E-state index is 13.6. The molecule has 0 bridgehead atoms. The van der Waals surface area contributed by atoms with E-state index in [9.17, 15) is 8.78 Å². The van der Waals surface area contributed by atoms with E-state index in [4.69, 9.17) is 10.00 Å². The first-order valence-electron chi connectivity index (χ1n) is 5.43. The molecule has 0 unspecified atom stereocenters. The predicted molar refractivity (Wildman–Crippen MR) is 67.3 cm³/mol. The van der Waals surface area contributed by atoms with Crippen LogP contribution in [0.15, 0.2) is 36.4 Å². The molecule has 0 saturated carbocycles. The monoisotopic (exact) mass is 260 g/mol. The van der Waals surface area contributed by atoms with Crippen molar-refractivity contribution in [2.24, 2.45) is 0 Å². The van der Waals surface area contributed by atoms with Crippen LogP contribution < -0.4 is 10.1 Å². The molecule has 0 atom stereocenters. The molecular formula is C14H10F2N2O. The highest BCUT2D eigenvalue weighted by molar-refractivity contribution is 5.63. The summed E-state index contributed by atoms with van der Waals surface area (Å²) in [6, 6.07) is 9.72. The average Bonchev–Trinajstić information content (AvgIpc) is 2.40. The Labute approximate surface area is 109 Å². The van der Waals surface area contributed by atoms with Crippen molar-refractivity contribution >= 4 is 11.4 Å². The Balaban J connectivity index is 2.36. The Bertz CT molecular complexity index is 650. The molecule has 5 heteroatoms. The lowest BCUT2D eigenvalue weighted by Crippen LogP contribution is -1.96. The molecule has 19 heavy (non-hydrogen) atoms. The van der Waals surface area contributed by atoms with Gasteiger partial charge in [0, 0.05) is 11.8 Å². The molecule has 0 heterocycles. The molecule has 0 aliphatic carbocycles. The van der Waals surface area contributed by atoms with Crippen LogP contribution in [-0.4, -0.2) is 7.11 Å². The summed E-state index contributed by atoms with van der Waals surface area (Å²) in [5.74, 6) is -0.589. The van der Waals surface area contributed by atoms with Crippen LogP contribution in [0.4, 0.5) is 20.2 Å². The lowest BCUT2D eigenvalue weighted by atomic mass is 10.2. The normalized spacial score (nSPS) is 9.79. The largest absolute Gasteiger partial charge is 0.497 e. The van der Waals surface area contributed by atoms with Crippen molar-refractivity contribution in [2.45, 2.75) is 0 Å². The second kappa shape index (κ2) is 5.36. The molecular weight excluding hydrogens is 250 g/mol. The fourth-order valence-electron chi connectivity index (χ4n) is 1.61. The minimum absolute atomic E-state index is 0.147. The van der Waals surface area contributed by atoms with Gasteiger partial charge in [-0.2, -0.15) is 5.26 Å². The van der Waals surface area contributed by atoms with Crippen LogP contribution in [0.5, 0.6) is 5.75 Å². The first kappa shape index (κ1) is 12.8. The molecule has 0 radical (unpaired) electrons. The number of halogens is 2. The zero-order valence-electron chi connectivity index (χ0n) is 10.1. The average molecular weight is 260 g/mol. The second-order valence-electron chi connectivity index (χ2n) is 3.81. The predicted octanol–water partition coefficient (Wildman–Crippen LogP) is 3.59. The Morgan fingerprint density at radius 3 is 2.63 bits per heavy atom. The fourth-order valence-corrected chi connectivity index (χ4v) is 1.61. The summed E-state index contributed by atoms with van der Waals surface area (Å²) < 4.78 is 31.8. The van der Waals surface area contributed by atoms with Crippen LogP contribution in [0, 0.1) is 23.0 Å². The number of nitrogens with one attached hydrogen (secondary N) is 1. The smallest absolute Gasteiger partial charge is 0.146 e. The first-order chi connectivity index (χ1) is 9.12. The molecule has 96 valence electrons. The van der Waals surface area contributed by atoms with Crippen LogP contribution in [0.2, 0.25) is 0 Å². The van der Waals surface area contributed by atoms with Gasteiger partial charge in [-0.05, 0) is 30.3 Å². The summed E-state index contributed by atoms with van der Waals surface area (Å²) in [7, 11) is 1.47. The van der Waals surface area contributed by atoms with E-state index in [2.05, 4.69) is 5.32 Å². The number of ether oxygens (including phenoxy) is 1. The van der Waals surface area contributed by atoms with E-state index in [-0.39, 0.29) is 11.3 Å². The fraction of sp³-hybridized carbons (Fsp3) is 0.0714. The van der Waals surface area contributed by atoms with Crippen molar-refractivity contribution in [2.75, 3.05) is 12.4 Å². The number of nitrogens with zero attached hydrogens (tertiary/aromatic N) is 1.